The smallest absolute Gasteiger partial charge is 0.296 e. The molecule has 0 atom stereocenters. The van der Waals surface area contributed by atoms with Crippen LogP contribution >= 0.6 is 0 Å². The van der Waals surface area contributed by atoms with Gasteiger partial charge in [-0.05, 0) is 0 Å². The van der Waals surface area contributed by atoms with Crippen LogP contribution in [0.15, 0.2) is 10.7 Å². The average Bonchev–Trinajstić information content (AvgIpc) is 1.87. The molecule has 5 heteroatoms. The van der Waals surface area contributed by atoms with Gasteiger partial charge in [0.1, 0.15) is 0 Å². The fourth-order valence-electron chi connectivity index (χ4n) is 0.272. The van der Waals surface area contributed by atoms with Crippen molar-refractivity contribution in [2.45, 2.75) is 0 Å². The SMILES string of the molecule is Nc1c[n+](N)no1. The van der Waals surface area contributed by atoms with Gasteiger partial charge in [0.2, 0.25) is 5.27 Å². The van der Waals surface area contributed by atoms with Crippen molar-refractivity contribution in [3.05, 3.63) is 6.20 Å². The Labute approximate surface area is 39.4 Å². The Morgan fingerprint density at radius 2 is 2.57 bits per heavy atom. The van der Waals surface area contributed by atoms with Crippen LogP contribution in [-0.4, -0.2) is 5.27 Å². The molecule has 0 spiro atoms. The number of hydrogen-bond donors (Lipinski definition) is 2. The molecule has 1 aromatic heterocycles. The number of hydrogen-bond acceptors (Lipinski definition) is 4. The highest BCUT2D eigenvalue weighted by Crippen LogP contribution is 1.86. The van der Waals surface area contributed by atoms with Crippen LogP contribution < -0.4 is 16.4 Å². The normalized spacial score (nSPS) is 9.14. The Bertz CT molecular complexity index is 142. The van der Waals surface area contributed by atoms with Gasteiger partial charge in [-0.25, -0.2) is 0 Å². The maximum Gasteiger partial charge on any atom is 0.296 e. The minimum atomic E-state index is 0.211. The Morgan fingerprint density at radius 3 is 2.71 bits per heavy atom. The first-order valence-corrected chi connectivity index (χ1v) is 1.68. The first kappa shape index (κ1) is 3.91. The van der Waals surface area contributed by atoms with E-state index in [9.17, 15) is 0 Å². The van der Waals surface area contributed by atoms with Crippen LogP contribution in [-0.2, 0) is 0 Å². The van der Waals surface area contributed by atoms with E-state index in [1.165, 1.54) is 6.20 Å². The van der Waals surface area contributed by atoms with Crippen molar-refractivity contribution in [1.82, 2.24) is 5.27 Å². The van der Waals surface area contributed by atoms with Crippen LogP contribution in [0, 0.1) is 0 Å². The first-order chi connectivity index (χ1) is 3.29. The number of rotatable bonds is 0. The molecule has 4 N–H and O–H groups in total. The van der Waals surface area contributed by atoms with Crippen molar-refractivity contribution in [2.75, 3.05) is 11.6 Å². The topological polar surface area (TPSA) is 82.0 Å². The molecule has 0 aliphatic rings. The van der Waals surface area contributed by atoms with Gasteiger partial charge in [-0.2, -0.15) is 5.84 Å². The summed E-state index contributed by atoms with van der Waals surface area (Å²) in [6, 6.07) is 0. The van der Waals surface area contributed by atoms with Gasteiger partial charge in [-0.1, -0.05) is 0 Å². The van der Waals surface area contributed by atoms with E-state index in [-0.39, 0.29) is 5.88 Å². The largest absolute Gasteiger partial charge is 0.362 e. The highest BCUT2D eigenvalue weighted by molar-refractivity contribution is 5.11. The molecule has 0 aromatic carbocycles. The fraction of sp³-hybridized carbons (Fsp3) is 0. The van der Waals surface area contributed by atoms with Crippen molar-refractivity contribution in [3.8, 4) is 0 Å². The minimum Gasteiger partial charge on any atom is -0.362 e. The lowest BCUT2D eigenvalue weighted by atomic mass is 10.8. The number of nitrogens with zero attached hydrogens (tertiary/aromatic N) is 2. The molecule has 1 aromatic rings. The molecule has 0 aliphatic heterocycles. The Morgan fingerprint density at radius 1 is 1.86 bits per heavy atom. The van der Waals surface area contributed by atoms with Crippen molar-refractivity contribution < 1.29 is 9.31 Å². The molecular formula is C2H5N4O+. The molecule has 0 saturated carbocycles. The predicted octanol–water partition coefficient (Wildman–Crippen LogP) is -1.74. The molecule has 1 heterocycles. The molecule has 0 bridgehead atoms. The number of anilines is 1. The van der Waals surface area contributed by atoms with E-state index in [4.69, 9.17) is 11.6 Å². The maximum absolute atomic E-state index is 5.05. The number of aromatic nitrogens is 2. The summed E-state index contributed by atoms with van der Waals surface area (Å²) in [5, 5.41) is 3.21. The van der Waals surface area contributed by atoms with Crippen LogP contribution in [0.4, 0.5) is 5.88 Å². The zero-order chi connectivity index (χ0) is 5.28. The number of nitrogen functional groups attached to an aromatic ring is 2. The molecule has 38 valence electrons. The molecule has 0 fully saturated rings. The van der Waals surface area contributed by atoms with E-state index < -0.39 is 0 Å². The van der Waals surface area contributed by atoms with Gasteiger partial charge in [0.15, 0.2) is 0 Å². The van der Waals surface area contributed by atoms with E-state index in [2.05, 4.69) is 9.79 Å². The molecule has 0 unspecified atom stereocenters. The zero-order valence-corrected chi connectivity index (χ0v) is 3.53. The third-order valence-electron chi connectivity index (χ3n) is 0.500. The van der Waals surface area contributed by atoms with Gasteiger partial charge < -0.3 is 5.73 Å². The summed E-state index contributed by atoms with van der Waals surface area (Å²) in [4.78, 5) is 0.995. The molecule has 0 aliphatic carbocycles. The lowest BCUT2D eigenvalue weighted by molar-refractivity contribution is -0.709. The molecule has 0 radical (unpaired) electrons. The molecule has 0 amide bonds. The Hall–Kier alpha value is -1.26. The van der Waals surface area contributed by atoms with Crippen LogP contribution in [0.2, 0.25) is 0 Å². The standard InChI is InChI=1S/C2H5N4O/c3-2-1-6(4)5-7-2/h1H,3H2,(H2,4,5)/q+1. The van der Waals surface area contributed by atoms with Gasteiger partial charge in [-0.3, -0.25) is 4.52 Å². The molecule has 1 rings (SSSR count). The summed E-state index contributed by atoms with van der Waals surface area (Å²) in [6.07, 6.45) is 1.36. The monoisotopic (exact) mass is 101 g/mol. The maximum atomic E-state index is 5.05. The van der Waals surface area contributed by atoms with Crippen molar-refractivity contribution in [3.63, 3.8) is 0 Å². The first-order valence-electron chi connectivity index (χ1n) is 1.68. The predicted molar refractivity (Wildman–Crippen MR) is 21.3 cm³/mol. The fourth-order valence-corrected chi connectivity index (χ4v) is 0.272. The molecular weight excluding hydrogens is 96.0 g/mol. The van der Waals surface area contributed by atoms with Gasteiger partial charge in [0.05, 0.1) is 4.79 Å². The van der Waals surface area contributed by atoms with E-state index in [1.54, 1.807) is 0 Å². The van der Waals surface area contributed by atoms with Crippen molar-refractivity contribution in [2.24, 2.45) is 0 Å². The van der Waals surface area contributed by atoms with Crippen molar-refractivity contribution >= 4 is 5.88 Å². The summed E-state index contributed by atoms with van der Waals surface area (Å²) in [5.74, 6) is 5.22. The molecule has 0 saturated heterocycles. The van der Waals surface area contributed by atoms with E-state index in [1.807, 2.05) is 0 Å². The van der Waals surface area contributed by atoms with Crippen molar-refractivity contribution in [1.29, 1.82) is 0 Å². The average molecular weight is 101 g/mol. The summed E-state index contributed by atoms with van der Waals surface area (Å²) < 4.78 is 4.33. The lowest BCUT2D eigenvalue weighted by Crippen LogP contribution is -2.45. The third-order valence-corrected chi connectivity index (χ3v) is 0.500. The molecule has 5 nitrogen and oxygen atoms in total. The van der Waals surface area contributed by atoms with Crippen LogP contribution in [0.25, 0.3) is 0 Å². The second-order valence-corrected chi connectivity index (χ2v) is 1.08. The zero-order valence-electron chi connectivity index (χ0n) is 3.53. The second kappa shape index (κ2) is 1.11. The summed E-state index contributed by atoms with van der Waals surface area (Å²) >= 11 is 0. The van der Waals surface area contributed by atoms with Gasteiger partial charge in [-0.15, -0.1) is 0 Å². The quantitative estimate of drug-likeness (QED) is 0.300. The molecule has 7 heavy (non-hydrogen) atoms. The Balaban J connectivity index is 3.04. The van der Waals surface area contributed by atoms with Gasteiger partial charge >= 0.3 is 0 Å². The van der Waals surface area contributed by atoms with Gasteiger partial charge in [0.25, 0.3) is 12.1 Å². The van der Waals surface area contributed by atoms with Crippen LogP contribution in [0.5, 0.6) is 0 Å². The third kappa shape index (κ3) is 0.594. The van der Waals surface area contributed by atoms with Crippen LogP contribution in [0.3, 0.4) is 0 Å². The van der Waals surface area contributed by atoms with E-state index in [0.717, 1.165) is 4.79 Å². The lowest BCUT2D eigenvalue weighted by Gasteiger charge is -1.59. The summed E-state index contributed by atoms with van der Waals surface area (Å²) in [7, 11) is 0. The second-order valence-electron chi connectivity index (χ2n) is 1.08. The van der Waals surface area contributed by atoms with E-state index >= 15 is 0 Å². The Kier molecular flexibility index (Phi) is 0.619. The highest BCUT2D eigenvalue weighted by Gasteiger charge is 1.99. The summed E-state index contributed by atoms with van der Waals surface area (Å²) in [5.41, 5.74) is 5.05. The van der Waals surface area contributed by atoms with E-state index in [0.29, 0.717) is 0 Å². The minimum absolute atomic E-state index is 0.211. The van der Waals surface area contributed by atoms with Crippen LogP contribution in [0.1, 0.15) is 0 Å². The van der Waals surface area contributed by atoms with Gasteiger partial charge in [0, 0.05) is 0 Å². The highest BCUT2D eigenvalue weighted by atomic mass is 16.5. The number of nitrogens with two attached hydrogens (primary N) is 2. The summed E-state index contributed by atoms with van der Waals surface area (Å²) in [6.45, 7) is 0.